The third-order valence-electron chi connectivity index (χ3n) is 3.09. The number of primary amides is 1. The highest BCUT2D eigenvalue weighted by Crippen LogP contribution is 2.34. The summed E-state index contributed by atoms with van der Waals surface area (Å²) < 4.78 is 7.21. The summed E-state index contributed by atoms with van der Waals surface area (Å²) in [7, 11) is 0. The number of furan rings is 1. The summed E-state index contributed by atoms with van der Waals surface area (Å²) in [6.45, 7) is 3.62. The third-order valence-corrected chi connectivity index (χ3v) is 3.09. The molecular weight excluding hydrogens is 246 g/mol. The lowest BCUT2D eigenvalue weighted by Crippen LogP contribution is -2.31. The highest BCUT2D eigenvalue weighted by molar-refractivity contribution is 5.95. The minimum absolute atomic E-state index is 0.423. The van der Waals surface area contributed by atoms with Crippen LogP contribution >= 0.6 is 0 Å². The number of nitrogens with one attached hydrogen (secondary N) is 1. The molecular formula is C12H13N5O2. The van der Waals surface area contributed by atoms with Gasteiger partial charge in [-0.05, 0) is 26.0 Å². The molecule has 1 aliphatic heterocycles. The minimum Gasteiger partial charge on any atom is -0.464 e. The maximum Gasteiger partial charge on any atom is 0.249 e. The molecule has 98 valence electrons. The lowest BCUT2D eigenvalue weighted by molar-refractivity contribution is -0.115. The van der Waals surface area contributed by atoms with Crippen LogP contribution in [0.1, 0.15) is 24.5 Å². The van der Waals surface area contributed by atoms with Crippen molar-refractivity contribution >= 4 is 11.9 Å². The molecule has 0 saturated carbocycles. The van der Waals surface area contributed by atoms with E-state index in [0.717, 1.165) is 5.76 Å². The Bertz CT molecular complexity index is 682. The first-order valence-corrected chi connectivity index (χ1v) is 5.81. The lowest BCUT2D eigenvalue weighted by Gasteiger charge is -2.25. The Morgan fingerprint density at radius 1 is 1.47 bits per heavy atom. The van der Waals surface area contributed by atoms with Crippen LogP contribution in [0, 0.1) is 6.92 Å². The largest absolute Gasteiger partial charge is 0.464 e. The molecule has 0 spiro atoms. The van der Waals surface area contributed by atoms with Crippen molar-refractivity contribution in [2.75, 3.05) is 5.32 Å². The molecule has 2 aromatic rings. The molecule has 7 heteroatoms. The molecule has 7 nitrogen and oxygen atoms in total. The molecule has 3 N–H and O–H groups in total. The molecule has 0 fully saturated rings. The fourth-order valence-corrected chi connectivity index (χ4v) is 2.27. The van der Waals surface area contributed by atoms with Gasteiger partial charge in [-0.15, -0.1) is 0 Å². The van der Waals surface area contributed by atoms with Crippen LogP contribution in [0.25, 0.3) is 0 Å². The number of aryl methyl sites for hydroxylation is 1. The molecule has 19 heavy (non-hydrogen) atoms. The van der Waals surface area contributed by atoms with Gasteiger partial charge in [-0.1, -0.05) is 0 Å². The van der Waals surface area contributed by atoms with Gasteiger partial charge in [-0.3, -0.25) is 4.79 Å². The number of carbonyl (C=O) groups excluding carboxylic acids is 1. The maximum atomic E-state index is 11.7. The van der Waals surface area contributed by atoms with Gasteiger partial charge < -0.3 is 15.5 Å². The number of nitrogens with two attached hydrogens (primary N) is 1. The molecule has 0 aliphatic carbocycles. The second-order valence-electron chi connectivity index (χ2n) is 4.41. The average molecular weight is 259 g/mol. The fraction of sp³-hybridized carbons (Fsp3) is 0.250. The Labute approximate surface area is 109 Å². The number of carbonyl (C=O) groups is 1. The van der Waals surface area contributed by atoms with E-state index in [2.05, 4.69) is 15.4 Å². The Balaban J connectivity index is 2.20. The van der Waals surface area contributed by atoms with E-state index >= 15 is 0 Å². The van der Waals surface area contributed by atoms with Gasteiger partial charge in [-0.2, -0.15) is 10.1 Å². The van der Waals surface area contributed by atoms with Gasteiger partial charge in [0, 0.05) is 5.70 Å². The molecule has 0 saturated heterocycles. The van der Waals surface area contributed by atoms with Gasteiger partial charge in [0.05, 0.1) is 5.57 Å². The first-order chi connectivity index (χ1) is 9.08. The number of nitrogens with zero attached hydrogens (tertiary/aromatic N) is 3. The Morgan fingerprint density at radius 3 is 2.89 bits per heavy atom. The zero-order chi connectivity index (χ0) is 13.6. The molecule has 2 aromatic heterocycles. The van der Waals surface area contributed by atoms with Crippen molar-refractivity contribution in [2.24, 2.45) is 5.73 Å². The van der Waals surface area contributed by atoms with E-state index in [1.807, 2.05) is 19.1 Å². The van der Waals surface area contributed by atoms with E-state index in [4.69, 9.17) is 10.2 Å². The fourth-order valence-electron chi connectivity index (χ4n) is 2.27. The average Bonchev–Trinajstić information content (AvgIpc) is 2.95. The van der Waals surface area contributed by atoms with Crippen LogP contribution in [-0.4, -0.2) is 20.7 Å². The van der Waals surface area contributed by atoms with Crippen molar-refractivity contribution in [1.29, 1.82) is 0 Å². The molecule has 0 radical (unpaired) electrons. The zero-order valence-electron chi connectivity index (χ0n) is 10.5. The van der Waals surface area contributed by atoms with Crippen molar-refractivity contribution in [3.05, 3.63) is 41.3 Å². The molecule has 0 bridgehead atoms. The molecule has 1 amide bonds. The first-order valence-electron chi connectivity index (χ1n) is 5.81. The smallest absolute Gasteiger partial charge is 0.249 e. The number of hydrogen-bond donors (Lipinski definition) is 2. The van der Waals surface area contributed by atoms with Gasteiger partial charge in [0.25, 0.3) is 0 Å². The van der Waals surface area contributed by atoms with Gasteiger partial charge in [-0.25, -0.2) is 4.68 Å². The van der Waals surface area contributed by atoms with Gasteiger partial charge in [0.1, 0.15) is 23.9 Å². The maximum absolute atomic E-state index is 11.7. The number of anilines is 1. The number of aromatic nitrogens is 3. The molecule has 1 aliphatic rings. The van der Waals surface area contributed by atoms with Crippen LogP contribution in [0.15, 0.2) is 34.1 Å². The predicted octanol–water partition coefficient (Wildman–Crippen LogP) is 0.954. The predicted molar refractivity (Wildman–Crippen MR) is 67.1 cm³/mol. The van der Waals surface area contributed by atoms with Crippen LogP contribution in [-0.2, 0) is 4.79 Å². The summed E-state index contributed by atoms with van der Waals surface area (Å²) in [5.41, 5.74) is 6.56. The summed E-state index contributed by atoms with van der Waals surface area (Å²) in [6, 6.07) is 3.17. The molecule has 3 heterocycles. The summed E-state index contributed by atoms with van der Waals surface area (Å²) in [4.78, 5) is 15.8. The van der Waals surface area contributed by atoms with Crippen molar-refractivity contribution in [3.63, 3.8) is 0 Å². The number of rotatable bonds is 2. The third kappa shape index (κ3) is 1.70. The summed E-state index contributed by atoms with van der Waals surface area (Å²) in [5, 5.41) is 7.14. The molecule has 3 rings (SSSR count). The normalized spacial score (nSPS) is 18.1. The molecule has 0 unspecified atom stereocenters. The van der Waals surface area contributed by atoms with Crippen LogP contribution in [0.2, 0.25) is 0 Å². The number of amides is 1. The van der Waals surface area contributed by atoms with Crippen LogP contribution in [0.4, 0.5) is 5.95 Å². The second kappa shape index (κ2) is 3.98. The van der Waals surface area contributed by atoms with E-state index in [9.17, 15) is 4.79 Å². The SMILES string of the molecule is CC1=C(C(N)=O)[C@H](c2ccc(C)o2)n2ncnc2N1. The number of allylic oxidation sites excluding steroid dienone is 1. The number of fused-ring (bicyclic) bond motifs is 1. The van der Waals surface area contributed by atoms with E-state index < -0.39 is 11.9 Å². The molecule has 0 aromatic carbocycles. The highest BCUT2D eigenvalue weighted by Gasteiger charge is 2.34. The summed E-state index contributed by atoms with van der Waals surface area (Å²) in [6.07, 6.45) is 1.42. The van der Waals surface area contributed by atoms with E-state index in [1.165, 1.54) is 6.33 Å². The monoisotopic (exact) mass is 259 g/mol. The van der Waals surface area contributed by atoms with Crippen LogP contribution in [0.5, 0.6) is 0 Å². The van der Waals surface area contributed by atoms with Crippen molar-refractivity contribution in [2.45, 2.75) is 19.9 Å². The van der Waals surface area contributed by atoms with Crippen molar-refractivity contribution < 1.29 is 9.21 Å². The summed E-state index contributed by atoms with van der Waals surface area (Å²) >= 11 is 0. The second-order valence-corrected chi connectivity index (χ2v) is 4.41. The first kappa shape index (κ1) is 11.5. The molecule has 1 atom stereocenters. The number of hydrogen-bond acceptors (Lipinski definition) is 5. The Hall–Kier alpha value is -2.57. The quantitative estimate of drug-likeness (QED) is 0.836. The van der Waals surface area contributed by atoms with E-state index in [-0.39, 0.29) is 0 Å². The van der Waals surface area contributed by atoms with Gasteiger partial charge >= 0.3 is 0 Å². The van der Waals surface area contributed by atoms with Gasteiger partial charge in [0.2, 0.25) is 11.9 Å². The van der Waals surface area contributed by atoms with Crippen LogP contribution in [0.3, 0.4) is 0 Å². The highest BCUT2D eigenvalue weighted by atomic mass is 16.3. The topological polar surface area (TPSA) is 99.0 Å². The van der Waals surface area contributed by atoms with Gasteiger partial charge in [0.15, 0.2) is 0 Å². The van der Waals surface area contributed by atoms with E-state index in [1.54, 1.807) is 11.6 Å². The van der Waals surface area contributed by atoms with Crippen molar-refractivity contribution in [1.82, 2.24) is 14.8 Å². The Morgan fingerprint density at radius 2 is 2.26 bits per heavy atom. The standard InChI is InChI=1S/C12H13N5O2/c1-6-3-4-8(19-6)10-9(11(13)18)7(2)16-12-14-5-15-17(10)12/h3-5,10H,1-2H3,(H2,13,18)(H,14,15,16)/t10-/m0/s1. The summed E-state index contributed by atoms with van der Waals surface area (Å²) in [5.74, 6) is 1.42. The van der Waals surface area contributed by atoms with Crippen molar-refractivity contribution in [3.8, 4) is 0 Å². The lowest BCUT2D eigenvalue weighted by atomic mass is 10.0. The minimum atomic E-state index is -0.509. The zero-order valence-corrected chi connectivity index (χ0v) is 10.5. The van der Waals surface area contributed by atoms with E-state index in [0.29, 0.717) is 23.0 Å². The van der Waals surface area contributed by atoms with Crippen LogP contribution < -0.4 is 11.1 Å². The Kier molecular flexibility index (Phi) is 2.41.